The van der Waals surface area contributed by atoms with Gasteiger partial charge in [0, 0.05) is 5.56 Å². The number of alkyl halides is 3. The third-order valence-corrected chi connectivity index (χ3v) is 3.48. The largest absolute Gasteiger partial charge is 0.465 e. The van der Waals surface area contributed by atoms with Gasteiger partial charge in [0.2, 0.25) is 0 Å². The van der Waals surface area contributed by atoms with Crippen LogP contribution in [0.4, 0.5) is 22.0 Å². The van der Waals surface area contributed by atoms with Crippen molar-refractivity contribution in [2.24, 2.45) is 0 Å². The van der Waals surface area contributed by atoms with Gasteiger partial charge in [0.05, 0.1) is 12.7 Å². The van der Waals surface area contributed by atoms with Crippen molar-refractivity contribution in [3.8, 4) is 11.5 Å². The van der Waals surface area contributed by atoms with Gasteiger partial charge in [-0.15, -0.1) is 0 Å². The summed E-state index contributed by atoms with van der Waals surface area (Å²) < 4.78 is 76.3. The normalized spacial score (nSPS) is 11.2. The number of carbonyl (C=O) groups is 1. The molecule has 0 aliphatic heterocycles. The first kappa shape index (κ1) is 19.4. The van der Waals surface area contributed by atoms with Crippen LogP contribution in [-0.4, -0.2) is 13.1 Å². The summed E-state index contributed by atoms with van der Waals surface area (Å²) in [4.78, 5) is 11.9. The average molecular weight is 372 g/mol. The molecule has 8 heteroatoms. The summed E-state index contributed by atoms with van der Waals surface area (Å²) >= 11 is 0. The predicted molar refractivity (Wildman–Crippen MR) is 84.1 cm³/mol. The van der Waals surface area contributed by atoms with Crippen molar-refractivity contribution in [3.05, 3.63) is 65.0 Å². The Bertz CT molecular complexity index is 872. The highest BCUT2D eigenvalue weighted by atomic mass is 19.4. The molecule has 0 unspecified atom stereocenters. The smallest absolute Gasteiger partial charge is 0.417 e. The Hall–Kier alpha value is -2.90. The first-order valence-electron chi connectivity index (χ1n) is 7.17. The van der Waals surface area contributed by atoms with E-state index in [1.807, 2.05) is 0 Å². The lowest BCUT2D eigenvalue weighted by Gasteiger charge is -2.17. The number of aryl methyl sites for hydroxylation is 1. The maximum Gasteiger partial charge on any atom is 0.417 e. The molecule has 0 bridgehead atoms. The molecule has 0 spiro atoms. The van der Waals surface area contributed by atoms with Crippen LogP contribution in [0.15, 0.2) is 36.9 Å². The molecule has 26 heavy (non-hydrogen) atoms. The van der Waals surface area contributed by atoms with Crippen LogP contribution in [-0.2, 0) is 10.9 Å². The first-order valence-corrected chi connectivity index (χ1v) is 7.17. The van der Waals surface area contributed by atoms with Gasteiger partial charge >= 0.3 is 12.1 Å². The summed E-state index contributed by atoms with van der Waals surface area (Å²) in [5, 5.41) is 0. The molecule has 0 amide bonds. The fraction of sp³-hybridized carbons (Fsp3) is 0.167. The monoisotopic (exact) mass is 372 g/mol. The Morgan fingerprint density at radius 3 is 2.23 bits per heavy atom. The standard InChI is InChI=1S/C18H13F5O3/c1-9-6-11(20)4-5-15(9)26-16-8-14(18(21,22)23)12(10(2)19)7-13(16)17(24)25-3/h4-8H,2H2,1,3H3. The zero-order chi connectivity index (χ0) is 19.6. The topological polar surface area (TPSA) is 35.5 Å². The number of halogens is 5. The number of esters is 1. The third-order valence-electron chi connectivity index (χ3n) is 3.48. The van der Waals surface area contributed by atoms with Gasteiger partial charge in [-0.05, 0) is 42.8 Å². The molecule has 0 heterocycles. The minimum Gasteiger partial charge on any atom is -0.465 e. The minimum absolute atomic E-state index is 0.0245. The second kappa shape index (κ2) is 7.15. The van der Waals surface area contributed by atoms with Crippen LogP contribution >= 0.6 is 0 Å². The van der Waals surface area contributed by atoms with Crippen LogP contribution < -0.4 is 4.74 Å². The molecule has 2 rings (SSSR count). The van der Waals surface area contributed by atoms with Crippen molar-refractivity contribution in [1.82, 2.24) is 0 Å². The molecule has 0 aliphatic carbocycles. The van der Waals surface area contributed by atoms with E-state index < -0.39 is 46.2 Å². The molecule has 138 valence electrons. The molecule has 0 aromatic heterocycles. The van der Waals surface area contributed by atoms with E-state index in [4.69, 9.17) is 4.74 Å². The van der Waals surface area contributed by atoms with Crippen LogP contribution in [0.2, 0.25) is 0 Å². The number of benzene rings is 2. The van der Waals surface area contributed by atoms with Gasteiger partial charge in [0.15, 0.2) is 0 Å². The summed E-state index contributed by atoms with van der Waals surface area (Å²) in [6.45, 7) is 4.33. The maximum atomic E-state index is 13.5. The van der Waals surface area contributed by atoms with Crippen molar-refractivity contribution >= 4 is 11.8 Å². The number of rotatable bonds is 4. The van der Waals surface area contributed by atoms with E-state index in [1.165, 1.54) is 13.0 Å². The molecular weight excluding hydrogens is 359 g/mol. The molecule has 2 aromatic rings. The van der Waals surface area contributed by atoms with E-state index >= 15 is 0 Å². The summed E-state index contributed by atoms with van der Waals surface area (Å²) in [5.74, 6) is -3.45. The van der Waals surface area contributed by atoms with Crippen molar-refractivity contribution in [2.75, 3.05) is 7.11 Å². The van der Waals surface area contributed by atoms with Gasteiger partial charge in [0.1, 0.15) is 28.7 Å². The van der Waals surface area contributed by atoms with Gasteiger partial charge in [-0.2, -0.15) is 13.2 Å². The fourth-order valence-electron chi connectivity index (χ4n) is 2.24. The fourth-order valence-corrected chi connectivity index (χ4v) is 2.24. The van der Waals surface area contributed by atoms with Crippen molar-refractivity contribution in [3.63, 3.8) is 0 Å². The number of ether oxygens (including phenoxy) is 2. The molecule has 0 atom stereocenters. The first-order chi connectivity index (χ1) is 12.0. The predicted octanol–water partition coefficient (Wildman–Crippen LogP) is 5.67. The Kier molecular flexibility index (Phi) is 5.34. The highest BCUT2D eigenvalue weighted by Gasteiger charge is 2.36. The lowest BCUT2D eigenvalue weighted by atomic mass is 10.0. The third kappa shape index (κ3) is 4.01. The molecule has 0 N–H and O–H groups in total. The Morgan fingerprint density at radius 1 is 1.08 bits per heavy atom. The number of hydrogen-bond acceptors (Lipinski definition) is 3. The minimum atomic E-state index is -4.92. The highest BCUT2D eigenvalue weighted by Crippen LogP contribution is 2.40. The highest BCUT2D eigenvalue weighted by molar-refractivity contribution is 5.94. The lowest BCUT2D eigenvalue weighted by molar-refractivity contribution is -0.138. The summed E-state index contributed by atoms with van der Waals surface area (Å²) in [6.07, 6.45) is -4.92. The van der Waals surface area contributed by atoms with Crippen molar-refractivity contribution < 1.29 is 36.2 Å². The summed E-state index contributed by atoms with van der Waals surface area (Å²) in [7, 11) is 1.01. The van der Waals surface area contributed by atoms with Gasteiger partial charge in [-0.3, -0.25) is 0 Å². The lowest BCUT2D eigenvalue weighted by Crippen LogP contribution is -2.12. The Labute approximate surface area is 145 Å². The van der Waals surface area contributed by atoms with Crippen LogP contribution in [0, 0.1) is 12.7 Å². The quantitative estimate of drug-likeness (QED) is 0.512. The second-order valence-electron chi connectivity index (χ2n) is 5.30. The van der Waals surface area contributed by atoms with Gasteiger partial charge in [0.25, 0.3) is 0 Å². The number of methoxy groups -OCH3 is 1. The Morgan fingerprint density at radius 2 is 1.73 bits per heavy atom. The molecule has 0 saturated carbocycles. The van der Waals surface area contributed by atoms with E-state index in [1.54, 1.807) is 0 Å². The molecular formula is C18H13F5O3. The number of carbonyl (C=O) groups excluding carboxylic acids is 1. The van der Waals surface area contributed by atoms with Gasteiger partial charge in [-0.1, -0.05) is 6.58 Å². The second-order valence-corrected chi connectivity index (χ2v) is 5.30. The van der Waals surface area contributed by atoms with Crippen molar-refractivity contribution in [2.45, 2.75) is 13.1 Å². The van der Waals surface area contributed by atoms with Crippen LogP contribution in [0.25, 0.3) is 5.83 Å². The molecule has 0 fully saturated rings. The molecule has 0 saturated heterocycles. The summed E-state index contributed by atoms with van der Waals surface area (Å²) in [6, 6.07) is 4.49. The van der Waals surface area contributed by atoms with E-state index in [0.29, 0.717) is 12.1 Å². The molecule has 3 nitrogen and oxygen atoms in total. The van der Waals surface area contributed by atoms with Gasteiger partial charge < -0.3 is 9.47 Å². The van der Waals surface area contributed by atoms with E-state index in [-0.39, 0.29) is 11.3 Å². The number of hydrogen-bond donors (Lipinski definition) is 0. The van der Waals surface area contributed by atoms with E-state index in [2.05, 4.69) is 11.3 Å². The molecule has 2 aromatic carbocycles. The average Bonchev–Trinajstić information content (AvgIpc) is 2.55. The van der Waals surface area contributed by atoms with Gasteiger partial charge in [-0.25, -0.2) is 13.6 Å². The zero-order valence-electron chi connectivity index (χ0n) is 13.7. The summed E-state index contributed by atoms with van der Waals surface area (Å²) in [5.41, 5.74) is -2.42. The zero-order valence-corrected chi connectivity index (χ0v) is 13.7. The SMILES string of the molecule is C=C(F)c1cc(C(=O)OC)c(Oc2ccc(F)cc2C)cc1C(F)(F)F. The van der Waals surface area contributed by atoms with Crippen LogP contribution in [0.5, 0.6) is 11.5 Å². The molecule has 0 radical (unpaired) electrons. The van der Waals surface area contributed by atoms with Crippen LogP contribution in [0.1, 0.15) is 27.0 Å². The van der Waals surface area contributed by atoms with E-state index in [9.17, 15) is 26.7 Å². The maximum absolute atomic E-state index is 13.5. The van der Waals surface area contributed by atoms with Crippen molar-refractivity contribution in [1.29, 1.82) is 0 Å². The van der Waals surface area contributed by atoms with E-state index in [0.717, 1.165) is 19.2 Å². The Balaban J connectivity index is 2.69. The molecule has 0 aliphatic rings. The van der Waals surface area contributed by atoms with Crippen LogP contribution in [0.3, 0.4) is 0 Å².